The van der Waals surface area contributed by atoms with E-state index in [9.17, 15) is 14.7 Å². The normalized spacial score (nSPS) is 34.5. The van der Waals surface area contributed by atoms with E-state index in [1.807, 2.05) is 37.3 Å². The van der Waals surface area contributed by atoms with E-state index in [0.29, 0.717) is 6.54 Å². The Morgan fingerprint density at radius 2 is 2.12 bits per heavy atom. The molecule has 1 amide bonds. The van der Waals surface area contributed by atoms with Gasteiger partial charge in [-0.1, -0.05) is 24.3 Å². The molecule has 0 aromatic heterocycles. The van der Waals surface area contributed by atoms with Crippen molar-refractivity contribution in [1.82, 2.24) is 4.90 Å². The van der Waals surface area contributed by atoms with Crippen LogP contribution in [0.2, 0.25) is 0 Å². The summed E-state index contributed by atoms with van der Waals surface area (Å²) < 4.78 is 11.0. The molecule has 3 aliphatic heterocycles. The number of carboxylic acid groups (broad SMARTS) is 1. The Kier molecular flexibility index (Phi) is 3.22. The molecule has 2 saturated heterocycles. The van der Waals surface area contributed by atoms with Crippen LogP contribution < -0.4 is 9.84 Å². The summed E-state index contributed by atoms with van der Waals surface area (Å²) in [4.78, 5) is 26.1. The van der Waals surface area contributed by atoms with Crippen LogP contribution in [0.1, 0.15) is 18.5 Å². The molecule has 1 spiro atoms. The van der Waals surface area contributed by atoms with Crippen molar-refractivity contribution >= 4 is 11.9 Å². The summed E-state index contributed by atoms with van der Waals surface area (Å²) in [5.41, 5.74) is 0.136. The molecule has 3 aliphatic rings. The SMILES string of the molecule is COc1ccc([C@H](C)N2C[C@@]34C=C[C@@H](O3)[C@H](C(=O)[O-])[C@@H]4C2=O)cc1. The average Bonchev–Trinajstić information content (AvgIpc) is 3.22. The smallest absolute Gasteiger partial charge is 0.230 e. The van der Waals surface area contributed by atoms with E-state index in [4.69, 9.17) is 9.47 Å². The number of hydrogen-bond acceptors (Lipinski definition) is 5. The van der Waals surface area contributed by atoms with Crippen molar-refractivity contribution in [1.29, 1.82) is 0 Å². The van der Waals surface area contributed by atoms with Crippen molar-refractivity contribution in [3.05, 3.63) is 42.0 Å². The minimum atomic E-state index is -1.22. The second-order valence-electron chi connectivity index (χ2n) is 6.63. The third-order valence-corrected chi connectivity index (χ3v) is 5.47. The van der Waals surface area contributed by atoms with Gasteiger partial charge in [0.05, 0.1) is 31.7 Å². The van der Waals surface area contributed by atoms with Crippen molar-refractivity contribution < 1.29 is 24.2 Å². The molecule has 2 fully saturated rings. The molecule has 4 rings (SSSR count). The van der Waals surface area contributed by atoms with E-state index in [0.717, 1.165) is 11.3 Å². The first-order valence-electron chi connectivity index (χ1n) is 7.99. The van der Waals surface area contributed by atoms with Gasteiger partial charge in [0.1, 0.15) is 11.4 Å². The van der Waals surface area contributed by atoms with E-state index in [-0.39, 0.29) is 11.9 Å². The van der Waals surface area contributed by atoms with Crippen LogP contribution in [-0.4, -0.2) is 42.1 Å². The Labute approximate surface area is 139 Å². The zero-order valence-corrected chi connectivity index (χ0v) is 13.5. The molecule has 5 atom stereocenters. The molecule has 1 aromatic rings. The minimum absolute atomic E-state index is 0.179. The second-order valence-corrected chi connectivity index (χ2v) is 6.63. The number of methoxy groups -OCH3 is 1. The van der Waals surface area contributed by atoms with Gasteiger partial charge in [0.15, 0.2) is 0 Å². The van der Waals surface area contributed by atoms with Gasteiger partial charge in [-0.3, -0.25) is 4.79 Å². The van der Waals surface area contributed by atoms with E-state index < -0.39 is 29.5 Å². The number of amides is 1. The predicted octanol–water partition coefficient (Wildman–Crippen LogP) is 0.288. The van der Waals surface area contributed by atoms with E-state index in [1.165, 1.54) is 0 Å². The van der Waals surface area contributed by atoms with Crippen LogP contribution in [0.25, 0.3) is 0 Å². The fourth-order valence-corrected chi connectivity index (χ4v) is 4.19. The summed E-state index contributed by atoms with van der Waals surface area (Å²) in [6.45, 7) is 2.29. The van der Waals surface area contributed by atoms with Crippen molar-refractivity contribution in [3.8, 4) is 5.75 Å². The van der Waals surface area contributed by atoms with Crippen molar-refractivity contribution in [2.24, 2.45) is 11.8 Å². The highest BCUT2D eigenvalue weighted by atomic mass is 16.5. The number of ether oxygens (including phenoxy) is 2. The highest BCUT2D eigenvalue weighted by molar-refractivity contribution is 5.90. The topological polar surface area (TPSA) is 78.9 Å². The zero-order chi connectivity index (χ0) is 17.1. The standard InChI is InChI=1S/C18H19NO5/c1-10(11-3-5-12(23-2)6-4-11)19-9-18-8-7-13(24-18)14(17(21)22)15(18)16(19)20/h3-8,10,13-15H,9H2,1-2H3,(H,21,22)/p-1/t10-,13+,14-,15+,18+/m0/s1. The van der Waals surface area contributed by atoms with Crippen LogP contribution in [-0.2, 0) is 14.3 Å². The summed E-state index contributed by atoms with van der Waals surface area (Å²) >= 11 is 0. The Morgan fingerprint density at radius 3 is 2.75 bits per heavy atom. The molecule has 24 heavy (non-hydrogen) atoms. The van der Waals surface area contributed by atoms with Gasteiger partial charge >= 0.3 is 0 Å². The molecule has 1 aromatic carbocycles. The van der Waals surface area contributed by atoms with Gasteiger partial charge in [-0.05, 0) is 24.6 Å². The first kappa shape index (κ1) is 15.2. The molecule has 2 bridgehead atoms. The van der Waals surface area contributed by atoms with Crippen LogP contribution >= 0.6 is 0 Å². The molecule has 0 saturated carbocycles. The maximum atomic E-state index is 12.9. The van der Waals surface area contributed by atoms with Crippen molar-refractivity contribution in [3.63, 3.8) is 0 Å². The molecule has 3 heterocycles. The lowest BCUT2D eigenvalue weighted by Gasteiger charge is -2.28. The molecular weight excluding hydrogens is 310 g/mol. The predicted molar refractivity (Wildman–Crippen MR) is 81.9 cm³/mol. The number of fused-ring (bicyclic) bond motifs is 1. The van der Waals surface area contributed by atoms with Crippen LogP contribution in [0, 0.1) is 11.8 Å². The number of carbonyl (C=O) groups is 2. The molecular formula is C18H18NO5-. The summed E-state index contributed by atoms with van der Waals surface area (Å²) in [5, 5.41) is 11.5. The number of nitrogens with zero attached hydrogens (tertiary/aromatic N) is 1. The highest BCUT2D eigenvalue weighted by Crippen LogP contribution is 2.53. The fraction of sp³-hybridized carbons (Fsp3) is 0.444. The summed E-state index contributed by atoms with van der Waals surface area (Å²) in [7, 11) is 1.60. The molecule has 6 heteroatoms. The number of benzene rings is 1. The van der Waals surface area contributed by atoms with Gasteiger partial charge < -0.3 is 24.3 Å². The molecule has 0 radical (unpaired) electrons. The molecule has 0 unspecified atom stereocenters. The Bertz CT molecular complexity index is 727. The summed E-state index contributed by atoms with van der Waals surface area (Å²) in [6, 6.07) is 7.33. The number of carbonyl (C=O) groups excluding carboxylic acids is 2. The van der Waals surface area contributed by atoms with E-state index in [2.05, 4.69) is 0 Å². The van der Waals surface area contributed by atoms with Gasteiger partial charge in [0.2, 0.25) is 5.91 Å². The molecule has 126 valence electrons. The van der Waals surface area contributed by atoms with E-state index in [1.54, 1.807) is 18.1 Å². The first-order chi connectivity index (χ1) is 11.5. The molecule has 0 aliphatic carbocycles. The third-order valence-electron chi connectivity index (χ3n) is 5.47. The largest absolute Gasteiger partial charge is 0.550 e. The number of aliphatic carboxylic acids is 1. The monoisotopic (exact) mass is 328 g/mol. The Hall–Kier alpha value is -2.34. The van der Waals surface area contributed by atoms with Crippen LogP contribution in [0.15, 0.2) is 36.4 Å². The van der Waals surface area contributed by atoms with Gasteiger partial charge in [0, 0.05) is 11.9 Å². The number of likely N-dealkylation sites (tertiary alicyclic amines) is 1. The quantitative estimate of drug-likeness (QED) is 0.742. The van der Waals surface area contributed by atoms with Gasteiger partial charge in [0.25, 0.3) is 0 Å². The second kappa shape index (κ2) is 5.08. The van der Waals surface area contributed by atoms with Crippen LogP contribution in [0.5, 0.6) is 5.75 Å². The van der Waals surface area contributed by atoms with Crippen molar-refractivity contribution in [2.75, 3.05) is 13.7 Å². The summed E-state index contributed by atoms with van der Waals surface area (Å²) in [6.07, 6.45) is 3.04. The molecule has 0 N–H and O–H groups in total. The van der Waals surface area contributed by atoms with Gasteiger partial charge in [-0.25, -0.2) is 0 Å². The fourth-order valence-electron chi connectivity index (χ4n) is 4.19. The van der Waals surface area contributed by atoms with Crippen LogP contribution in [0.4, 0.5) is 0 Å². The lowest BCUT2D eigenvalue weighted by Crippen LogP contribution is -2.45. The number of hydrogen-bond donors (Lipinski definition) is 0. The summed E-state index contributed by atoms with van der Waals surface area (Å²) in [5.74, 6) is -2.26. The third kappa shape index (κ3) is 1.92. The van der Waals surface area contributed by atoms with Crippen molar-refractivity contribution in [2.45, 2.75) is 24.7 Å². The minimum Gasteiger partial charge on any atom is -0.550 e. The van der Waals surface area contributed by atoms with Crippen LogP contribution in [0.3, 0.4) is 0 Å². The number of carboxylic acids is 1. The Morgan fingerprint density at radius 1 is 1.42 bits per heavy atom. The van der Waals surface area contributed by atoms with Gasteiger partial charge in [-0.2, -0.15) is 0 Å². The zero-order valence-electron chi connectivity index (χ0n) is 13.5. The molecule has 6 nitrogen and oxygen atoms in total. The maximum Gasteiger partial charge on any atom is 0.230 e. The average molecular weight is 328 g/mol. The lowest BCUT2D eigenvalue weighted by molar-refractivity contribution is -0.313. The lowest BCUT2D eigenvalue weighted by atomic mass is 9.77. The maximum absolute atomic E-state index is 12.9. The first-order valence-corrected chi connectivity index (χ1v) is 7.99. The van der Waals surface area contributed by atoms with E-state index >= 15 is 0 Å². The number of rotatable bonds is 4. The van der Waals surface area contributed by atoms with Gasteiger partial charge in [-0.15, -0.1) is 0 Å². The Balaban J connectivity index is 1.63. The highest BCUT2D eigenvalue weighted by Gasteiger charge is 2.65.